The zero-order valence-electron chi connectivity index (χ0n) is 6.79. The molecule has 0 aliphatic heterocycles. The normalized spacial score (nSPS) is 17.6. The van der Waals surface area contributed by atoms with E-state index < -0.39 is 30.9 Å². The molecule has 0 aromatic rings. The maximum Gasteiger partial charge on any atom is 0.347 e. The first-order chi connectivity index (χ1) is 6.21. The maximum atomic E-state index is 12.4. The minimum atomic E-state index is -5.39. The fourth-order valence-corrected chi connectivity index (χ4v) is 0.638. The molecule has 0 aliphatic rings. The van der Waals surface area contributed by atoms with Crippen LogP contribution in [0.5, 0.6) is 0 Å². The fourth-order valence-electron chi connectivity index (χ4n) is 0.638. The lowest BCUT2D eigenvalue weighted by Gasteiger charge is -2.28. The molecule has 84 valence electrons. The van der Waals surface area contributed by atoms with E-state index in [1.54, 1.807) is 0 Å². The molecule has 0 heterocycles. The second-order valence-corrected chi connectivity index (χ2v) is 2.51. The van der Waals surface area contributed by atoms with Crippen molar-refractivity contribution >= 4 is 0 Å². The van der Waals surface area contributed by atoms with Crippen molar-refractivity contribution in [1.82, 2.24) is 0 Å². The lowest BCUT2D eigenvalue weighted by atomic mass is 10.0. The Morgan fingerprint density at radius 3 is 1.79 bits per heavy atom. The van der Waals surface area contributed by atoms with E-state index >= 15 is 0 Å². The van der Waals surface area contributed by atoms with Crippen LogP contribution < -0.4 is 0 Å². The van der Waals surface area contributed by atoms with Crippen LogP contribution in [0.2, 0.25) is 0 Å². The Kier molecular flexibility index (Phi) is 3.96. The van der Waals surface area contributed by atoms with Gasteiger partial charge in [0.25, 0.3) is 0 Å². The Bertz CT molecular complexity index is 200. The Hall–Kier alpha value is -0.750. The summed E-state index contributed by atoms with van der Waals surface area (Å²) in [5.74, 6) is -10.7. The maximum absolute atomic E-state index is 12.4. The highest BCUT2D eigenvalue weighted by molar-refractivity contribution is 5.01. The molecule has 0 bridgehead atoms. The summed E-state index contributed by atoms with van der Waals surface area (Å²) < 4.78 is 85.4. The van der Waals surface area contributed by atoms with Gasteiger partial charge in [-0.25, -0.2) is 13.2 Å². The molecular weight excluding hydrogens is 217 g/mol. The van der Waals surface area contributed by atoms with Crippen LogP contribution in [0, 0.1) is 0 Å². The summed E-state index contributed by atoms with van der Waals surface area (Å²) in [6.45, 7) is 0.208. The van der Waals surface area contributed by atoms with Crippen molar-refractivity contribution < 1.29 is 30.7 Å². The van der Waals surface area contributed by atoms with E-state index in [-0.39, 0.29) is 6.08 Å². The monoisotopic (exact) mass is 224 g/mol. The Morgan fingerprint density at radius 2 is 1.50 bits per heavy atom. The summed E-state index contributed by atoms with van der Waals surface area (Å²) in [7, 11) is 0. The molecule has 2 unspecified atom stereocenters. The number of hydrogen-bond donors (Lipinski definition) is 0. The molecule has 0 saturated heterocycles. The second-order valence-electron chi connectivity index (χ2n) is 2.51. The van der Waals surface area contributed by atoms with E-state index in [4.69, 9.17) is 0 Å². The molecule has 7 heteroatoms. The summed E-state index contributed by atoms with van der Waals surface area (Å²) in [6.07, 6.45) is -7.27. The van der Waals surface area contributed by atoms with Crippen LogP contribution >= 0.6 is 0 Å². The van der Waals surface area contributed by atoms with Crippen LogP contribution in [0.15, 0.2) is 12.7 Å². The zero-order valence-corrected chi connectivity index (χ0v) is 6.79. The summed E-state index contributed by atoms with van der Waals surface area (Å²) in [4.78, 5) is 0. The van der Waals surface area contributed by atoms with E-state index in [0.29, 0.717) is 0 Å². The Balaban J connectivity index is 4.94. The SMILES string of the molecule is C=CC(F)C(F)(F)C(F)(F)C(F)CF. The van der Waals surface area contributed by atoms with Gasteiger partial charge in [0.1, 0.15) is 6.67 Å². The highest BCUT2D eigenvalue weighted by Gasteiger charge is 2.65. The summed E-state index contributed by atoms with van der Waals surface area (Å²) in [5, 5.41) is 0. The Labute approximate surface area is 75.4 Å². The number of rotatable bonds is 5. The molecule has 0 radical (unpaired) electrons. The molecule has 0 N–H and O–H groups in total. The smallest absolute Gasteiger partial charge is 0.248 e. The van der Waals surface area contributed by atoms with Crippen molar-refractivity contribution in [2.24, 2.45) is 0 Å². The first-order valence-corrected chi connectivity index (χ1v) is 3.44. The minimum Gasteiger partial charge on any atom is -0.248 e. The molecule has 0 aliphatic carbocycles. The number of allylic oxidation sites excluding steroid dienone is 1. The van der Waals surface area contributed by atoms with Crippen molar-refractivity contribution in [3.8, 4) is 0 Å². The highest BCUT2D eigenvalue weighted by Crippen LogP contribution is 2.42. The average molecular weight is 224 g/mol. The molecule has 2 atom stereocenters. The van der Waals surface area contributed by atoms with E-state index in [2.05, 4.69) is 6.58 Å². The minimum absolute atomic E-state index is 0.0984. The van der Waals surface area contributed by atoms with Crippen LogP contribution in [0.3, 0.4) is 0 Å². The van der Waals surface area contributed by atoms with Crippen molar-refractivity contribution in [1.29, 1.82) is 0 Å². The number of hydrogen-bond acceptors (Lipinski definition) is 0. The lowest BCUT2D eigenvalue weighted by molar-refractivity contribution is -0.258. The predicted octanol–water partition coefficient (Wildman–Crippen LogP) is 3.09. The zero-order chi connectivity index (χ0) is 11.6. The average Bonchev–Trinajstić information content (AvgIpc) is 2.14. The van der Waals surface area contributed by atoms with Crippen LogP contribution in [0.25, 0.3) is 0 Å². The van der Waals surface area contributed by atoms with Gasteiger partial charge in [-0.1, -0.05) is 12.7 Å². The topological polar surface area (TPSA) is 0 Å². The largest absolute Gasteiger partial charge is 0.347 e. The molecule has 0 spiro atoms. The first-order valence-electron chi connectivity index (χ1n) is 3.44. The quantitative estimate of drug-likeness (QED) is 0.497. The molecule has 0 saturated carbocycles. The molecular formula is C7H7F7. The van der Waals surface area contributed by atoms with Crippen LogP contribution in [-0.2, 0) is 0 Å². The van der Waals surface area contributed by atoms with Gasteiger partial charge in [-0.15, -0.1) is 0 Å². The predicted molar refractivity (Wildman–Crippen MR) is 35.9 cm³/mol. The van der Waals surface area contributed by atoms with Gasteiger partial charge in [-0.05, 0) is 0 Å². The van der Waals surface area contributed by atoms with E-state index in [1.807, 2.05) is 0 Å². The summed E-state index contributed by atoms with van der Waals surface area (Å²) in [5.41, 5.74) is 0. The lowest BCUT2D eigenvalue weighted by Crippen LogP contribution is -2.53. The molecule has 0 rings (SSSR count). The van der Waals surface area contributed by atoms with E-state index in [1.165, 1.54) is 0 Å². The molecule has 0 amide bonds. The third-order valence-electron chi connectivity index (χ3n) is 1.53. The van der Waals surface area contributed by atoms with Gasteiger partial charge in [0.15, 0.2) is 12.3 Å². The van der Waals surface area contributed by atoms with Gasteiger partial charge in [0.2, 0.25) is 0 Å². The van der Waals surface area contributed by atoms with Crippen molar-refractivity contribution in [3.05, 3.63) is 12.7 Å². The summed E-state index contributed by atoms with van der Waals surface area (Å²) in [6, 6.07) is 0. The first kappa shape index (κ1) is 13.2. The van der Waals surface area contributed by atoms with Gasteiger partial charge < -0.3 is 0 Å². The third-order valence-corrected chi connectivity index (χ3v) is 1.53. The van der Waals surface area contributed by atoms with Gasteiger partial charge in [0.05, 0.1) is 0 Å². The molecule has 14 heavy (non-hydrogen) atoms. The van der Waals surface area contributed by atoms with Crippen molar-refractivity contribution in [3.63, 3.8) is 0 Å². The molecule has 0 nitrogen and oxygen atoms in total. The standard InChI is InChI=1S/C7H7F7/c1-2-4(9)6(11,12)7(13,14)5(10)3-8/h2,4-5H,1,3H2. The van der Waals surface area contributed by atoms with E-state index in [0.717, 1.165) is 0 Å². The molecule has 0 aromatic heterocycles. The van der Waals surface area contributed by atoms with Crippen molar-refractivity contribution in [2.45, 2.75) is 24.2 Å². The van der Waals surface area contributed by atoms with Crippen LogP contribution in [0.1, 0.15) is 0 Å². The van der Waals surface area contributed by atoms with Crippen LogP contribution in [-0.4, -0.2) is 30.9 Å². The van der Waals surface area contributed by atoms with Gasteiger partial charge in [-0.2, -0.15) is 17.6 Å². The third kappa shape index (κ3) is 2.01. The molecule has 0 fully saturated rings. The number of halogens is 7. The molecule has 0 aromatic carbocycles. The van der Waals surface area contributed by atoms with Gasteiger partial charge in [-0.3, -0.25) is 0 Å². The fraction of sp³-hybridized carbons (Fsp3) is 0.714. The number of alkyl halides is 7. The second kappa shape index (κ2) is 4.18. The van der Waals surface area contributed by atoms with Crippen molar-refractivity contribution in [2.75, 3.05) is 6.67 Å². The van der Waals surface area contributed by atoms with Crippen LogP contribution in [0.4, 0.5) is 30.7 Å². The highest BCUT2D eigenvalue weighted by atomic mass is 19.3. The van der Waals surface area contributed by atoms with E-state index in [9.17, 15) is 30.7 Å². The van der Waals surface area contributed by atoms with Gasteiger partial charge >= 0.3 is 11.8 Å². The van der Waals surface area contributed by atoms with Gasteiger partial charge in [0, 0.05) is 0 Å². The Morgan fingerprint density at radius 1 is 1.07 bits per heavy atom. The summed E-state index contributed by atoms with van der Waals surface area (Å²) >= 11 is 0.